The van der Waals surface area contributed by atoms with Crippen LogP contribution in [0.1, 0.15) is 32.6 Å². The van der Waals surface area contributed by atoms with Gasteiger partial charge >= 0.3 is 6.09 Å². The molecule has 0 spiro atoms. The molecule has 1 amide bonds. The predicted octanol–water partition coefficient (Wildman–Crippen LogP) is 3.03. The van der Waals surface area contributed by atoms with Gasteiger partial charge in [-0.15, -0.1) is 0 Å². The number of hydrogen-bond acceptors (Lipinski definition) is 3. The molecule has 0 aliphatic heterocycles. The highest BCUT2D eigenvalue weighted by atomic mass is 79.9. The molecule has 1 atom stereocenters. The Bertz CT molecular complexity index is 388. The van der Waals surface area contributed by atoms with Gasteiger partial charge in [0.25, 0.3) is 0 Å². The highest BCUT2D eigenvalue weighted by Gasteiger charge is 2.30. The van der Waals surface area contributed by atoms with E-state index in [0.29, 0.717) is 5.69 Å². The molecule has 1 rings (SSSR count). The summed E-state index contributed by atoms with van der Waals surface area (Å²) in [6.07, 6.45) is 0.409. The van der Waals surface area contributed by atoms with Crippen LogP contribution in [-0.4, -0.2) is 11.1 Å². The maximum atomic E-state index is 10.9. The summed E-state index contributed by atoms with van der Waals surface area (Å²) in [5.41, 5.74) is 5.48. The van der Waals surface area contributed by atoms with Crippen molar-refractivity contribution in [3.05, 3.63) is 28.5 Å². The van der Waals surface area contributed by atoms with Crippen LogP contribution in [0, 0.1) is 5.41 Å². The number of amides is 1. The average molecular weight is 287 g/mol. The largest absolute Gasteiger partial charge is 0.439 e. The maximum absolute atomic E-state index is 10.9. The number of nitrogens with two attached hydrogens (primary N) is 1. The third kappa shape index (κ3) is 3.48. The summed E-state index contributed by atoms with van der Waals surface area (Å²) in [4.78, 5) is 15.1. The number of carbonyl (C=O) groups excluding carboxylic acids is 1. The van der Waals surface area contributed by atoms with Crippen molar-refractivity contribution < 1.29 is 9.53 Å². The Hall–Kier alpha value is -1.10. The Labute approximate surface area is 103 Å². The van der Waals surface area contributed by atoms with Crippen LogP contribution in [0.4, 0.5) is 4.79 Å². The van der Waals surface area contributed by atoms with Crippen LogP contribution in [0.3, 0.4) is 0 Å². The summed E-state index contributed by atoms with van der Waals surface area (Å²) < 4.78 is 6.00. The Balaban J connectivity index is 3.06. The SMILES string of the molecule is CC(C)(C)C(OC(N)=O)c1cc(Br)ccn1. The first-order valence-electron chi connectivity index (χ1n) is 4.88. The number of pyridine rings is 1. The van der Waals surface area contributed by atoms with Crippen molar-refractivity contribution >= 4 is 22.0 Å². The second-order valence-corrected chi connectivity index (χ2v) is 5.50. The van der Waals surface area contributed by atoms with Crippen LogP contribution in [0.15, 0.2) is 22.8 Å². The van der Waals surface area contributed by atoms with Crippen LogP contribution in [-0.2, 0) is 4.74 Å². The summed E-state index contributed by atoms with van der Waals surface area (Å²) >= 11 is 3.35. The molecule has 1 heterocycles. The third-order valence-corrected chi connectivity index (χ3v) is 2.53. The van der Waals surface area contributed by atoms with Gasteiger partial charge in [-0.25, -0.2) is 4.79 Å². The molecule has 1 aromatic rings. The van der Waals surface area contributed by atoms with Gasteiger partial charge in [-0.2, -0.15) is 0 Å². The quantitative estimate of drug-likeness (QED) is 0.909. The smallest absolute Gasteiger partial charge is 0.405 e. The van der Waals surface area contributed by atoms with E-state index >= 15 is 0 Å². The molecule has 88 valence electrons. The van der Waals surface area contributed by atoms with Crippen molar-refractivity contribution in [3.63, 3.8) is 0 Å². The minimum absolute atomic E-state index is 0.261. The fourth-order valence-electron chi connectivity index (χ4n) is 1.36. The normalized spacial score (nSPS) is 13.2. The van der Waals surface area contributed by atoms with Crippen molar-refractivity contribution in [1.82, 2.24) is 4.98 Å². The lowest BCUT2D eigenvalue weighted by Gasteiger charge is -2.29. The lowest BCUT2D eigenvalue weighted by Crippen LogP contribution is -2.27. The molecule has 5 heteroatoms. The number of halogens is 1. The van der Waals surface area contributed by atoms with Crippen LogP contribution in [0.25, 0.3) is 0 Å². The van der Waals surface area contributed by atoms with E-state index < -0.39 is 12.2 Å². The Morgan fingerprint density at radius 3 is 2.62 bits per heavy atom. The summed E-state index contributed by atoms with van der Waals surface area (Å²) in [6.45, 7) is 5.88. The zero-order valence-corrected chi connectivity index (χ0v) is 11.1. The average Bonchev–Trinajstić information content (AvgIpc) is 2.12. The van der Waals surface area contributed by atoms with Crippen LogP contribution in [0.2, 0.25) is 0 Å². The molecular weight excluding hydrogens is 272 g/mol. The first kappa shape index (κ1) is 13.0. The molecule has 1 unspecified atom stereocenters. The molecule has 0 bridgehead atoms. The van der Waals surface area contributed by atoms with Crippen molar-refractivity contribution in [1.29, 1.82) is 0 Å². The van der Waals surface area contributed by atoms with Gasteiger partial charge in [0, 0.05) is 16.1 Å². The molecule has 0 aliphatic carbocycles. The van der Waals surface area contributed by atoms with Gasteiger partial charge in [-0.05, 0) is 12.1 Å². The summed E-state index contributed by atoms with van der Waals surface area (Å²) in [5, 5.41) is 0. The zero-order chi connectivity index (χ0) is 12.3. The van der Waals surface area contributed by atoms with Gasteiger partial charge < -0.3 is 10.5 Å². The topological polar surface area (TPSA) is 65.2 Å². The molecule has 0 fully saturated rings. The minimum Gasteiger partial charge on any atom is -0.439 e. The number of nitrogens with zero attached hydrogens (tertiary/aromatic N) is 1. The van der Waals surface area contributed by atoms with Gasteiger partial charge in [0.2, 0.25) is 0 Å². The zero-order valence-electron chi connectivity index (χ0n) is 9.53. The van der Waals surface area contributed by atoms with Crippen LogP contribution < -0.4 is 5.73 Å². The van der Waals surface area contributed by atoms with Gasteiger partial charge in [0.1, 0.15) is 0 Å². The van der Waals surface area contributed by atoms with Gasteiger partial charge in [-0.3, -0.25) is 4.98 Å². The van der Waals surface area contributed by atoms with E-state index in [-0.39, 0.29) is 5.41 Å². The second-order valence-electron chi connectivity index (χ2n) is 4.58. The molecular formula is C11H15BrN2O2. The molecule has 0 aromatic carbocycles. The molecule has 0 aliphatic rings. The van der Waals surface area contributed by atoms with Gasteiger partial charge in [0.15, 0.2) is 6.10 Å². The Morgan fingerprint density at radius 2 is 2.19 bits per heavy atom. The third-order valence-electron chi connectivity index (χ3n) is 2.03. The summed E-state index contributed by atoms with van der Waals surface area (Å²) in [5.74, 6) is 0. The van der Waals surface area contributed by atoms with Crippen molar-refractivity contribution in [3.8, 4) is 0 Å². The van der Waals surface area contributed by atoms with E-state index in [1.165, 1.54) is 0 Å². The van der Waals surface area contributed by atoms with E-state index in [4.69, 9.17) is 10.5 Å². The summed E-state index contributed by atoms with van der Waals surface area (Å²) in [6, 6.07) is 3.63. The number of ether oxygens (including phenoxy) is 1. The van der Waals surface area contributed by atoms with E-state index in [2.05, 4.69) is 20.9 Å². The second kappa shape index (κ2) is 4.82. The van der Waals surface area contributed by atoms with Crippen molar-refractivity contribution in [2.75, 3.05) is 0 Å². The highest BCUT2D eigenvalue weighted by molar-refractivity contribution is 9.10. The fourth-order valence-corrected chi connectivity index (χ4v) is 1.71. The Morgan fingerprint density at radius 1 is 1.56 bits per heavy atom. The first-order chi connectivity index (χ1) is 7.30. The summed E-state index contributed by atoms with van der Waals surface area (Å²) in [7, 11) is 0. The number of rotatable bonds is 2. The molecule has 0 radical (unpaired) electrons. The first-order valence-corrected chi connectivity index (χ1v) is 5.67. The van der Waals surface area contributed by atoms with E-state index in [1.54, 1.807) is 6.20 Å². The number of aromatic nitrogens is 1. The molecule has 2 N–H and O–H groups in total. The number of carbonyl (C=O) groups is 1. The van der Waals surface area contributed by atoms with Crippen molar-refractivity contribution in [2.24, 2.45) is 11.1 Å². The fraction of sp³-hybridized carbons (Fsp3) is 0.455. The van der Waals surface area contributed by atoms with Crippen molar-refractivity contribution in [2.45, 2.75) is 26.9 Å². The number of primary amides is 1. The van der Waals surface area contributed by atoms with E-state index in [9.17, 15) is 4.79 Å². The maximum Gasteiger partial charge on any atom is 0.405 e. The molecule has 16 heavy (non-hydrogen) atoms. The lowest BCUT2D eigenvalue weighted by atomic mass is 9.87. The van der Waals surface area contributed by atoms with Crippen LogP contribution >= 0.6 is 15.9 Å². The van der Waals surface area contributed by atoms with Gasteiger partial charge in [-0.1, -0.05) is 36.7 Å². The number of hydrogen-bond donors (Lipinski definition) is 1. The molecule has 4 nitrogen and oxygen atoms in total. The van der Waals surface area contributed by atoms with Gasteiger partial charge in [0.05, 0.1) is 5.69 Å². The predicted molar refractivity (Wildman–Crippen MR) is 64.8 cm³/mol. The monoisotopic (exact) mass is 286 g/mol. The molecule has 1 aromatic heterocycles. The molecule has 0 saturated heterocycles. The van der Waals surface area contributed by atoms with Crippen LogP contribution in [0.5, 0.6) is 0 Å². The Kier molecular flexibility index (Phi) is 3.91. The standard InChI is InChI=1S/C11H15BrN2O2/c1-11(2,3)9(16-10(13)15)8-6-7(12)4-5-14-8/h4-6,9H,1-3H3,(H2,13,15). The highest BCUT2D eigenvalue weighted by Crippen LogP contribution is 2.35. The van der Waals surface area contributed by atoms with E-state index in [1.807, 2.05) is 32.9 Å². The molecule has 0 saturated carbocycles. The lowest BCUT2D eigenvalue weighted by molar-refractivity contribution is 0.0331. The van der Waals surface area contributed by atoms with E-state index in [0.717, 1.165) is 4.47 Å². The minimum atomic E-state index is -0.790.